The van der Waals surface area contributed by atoms with Crippen LogP contribution in [0, 0.1) is 5.92 Å². The van der Waals surface area contributed by atoms with Crippen LogP contribution in [0.15, 0.2) is 30.3 Å². The normalized spacial score (nSPS) is 22.1. The van der Waals surface area contributed by atoms with E-state index in [1.807, 2.05) is 31.2 Å². The van der Waals surface area contributed by atoms with Crippen LogP contribution < -0.4 is 34.3 Å². The van der Waals surface area contributed by atoms with E-state index in [4.69, 9.17) is 35.9 Å². The molecule has 160 valence electrons. The number of rotatable bonds is 6. The van der Waals surface area contributed by atoms with E-state index in [0.29, 0.717) is 23.9 Å². The number of benzene rings is 2. The molecular weight excluding hydrogens is 404 g/mol. The van der Waals surface area contributed by atoms with Crippen molar-refractivity contribution in [3.05, 3.63) is 41.5 Å². The molecule has 0 amide bonds. The first-order valence-corrected chi connectivity index (χ1v) is 10.3. The van der Waals surface area contributed by atoms with Crippen molar-refractivity contribution >= 4 is 17.2 Å². The number of ether oxygens (including phenoxy) is 5. The van der Waals surface area contributed by atoms with Crippen molar-refractivity contribution in [3.63, 3.8) is 0 Å². The molecule has 30 heavy (non-hydrogen) atoms. The maximum atomic E-state index is 6.35. The fraction of sp³-hybridized carbons (Fsp3) is 0.409. The fourth-order valence-electron chi connectivity index (χ4n) is 3.96. The van der Waals surface area contributed by atoms with Gasteiger partial charge in [-0.2, -0.15) is 0 Å². The first kappa shape index (κ1) is 20.6. The lowest BCUT2D eigenvalue weighted by Gasteiger charge is -2.42. The standard InChI is InChI=1S/C22H26N2O5S/c1-5-28-15-8-6-7-12-9-14-21(29-18(12)15)23-20(24-22(14)30)13-10-16(25-2)19(27-4)17(11-13)26-3/h6-8,10-11,14,20-21,23H,5,9H2,1-4H3,(H,24,30). The third-order valence-corrected chi connectivity index (χ3v) is 5.81. The quantitative estimate of drug-likeness (QED) is 0.677. The predicted octanol–water partition coefficient (Wildman–Crippen LogP) is 3.21. The zero-order valence-corrected chi connectivity index (χ0v) is 18.3. The highest BCUT2D eigenvalue weighted by atomic mass is 32.1. The second-order valence-corrected chi connectivity index (χ2v) is 7.53. The highest BCUT2D eigenvalue weighted by Crippen LogP contribution is 2.42. The SMILES string of the molecule is CCOc1cccc2c1OC1NC(c3cc(OC)c(OC)c(OC)c3)NC(=S)C1C2. The number of fused-ring (bicyclic) bond motifs is 2. The molecule has 2 aliphatic rings. The van der Waals surface area contributed by atoms with Crippen LogP contribution in [0.4, 0.5) is 0 Å². The molecule has 4 rings (SSSR count). The number of para-hydroxylation sites is 1. The van der Waals surface area contributed by atoms with Crippen LogP contribution in [0.5, 0.6) is 28.7 Å². The molecule has 1 saturated heterocycles. The largest absolute Gasteiger partial charge is 0.493 e. The lowest BCUT2D eigenvalue weighted by atomic mass is 9.91. The van der Waals surface area contributed by atoms with E-state index in [1.54, 1.807) is 21.3 Å². The Kier molecular flexibility index (Phi) is 5.87. The molecule has 0 radical (unpaired) electrons. The Labute approximate surface area is 181 Å². The summed E-state index contributed by atoms with van der Waals surface area (Å²) < 4.78 is 28.5. The monoisotopic (exact) mass is 430 g/mol. The molecule has 2 aromatic rings. The molecule has 2 aliphatic heterocycles. The molecule has 0 spiro atoms. The van der Waals surface area contributed by atoms with E-state index in [-0.39, 0.29) is 18.3 Å². The van der Waals surface area contributed by atoms with Crippen molar-refractivity contribution in [1.29, 1.82) is 0 Å². The molecule has 3 unspecified atom stereocenters. The van der Waals surface area contributed by atoms with E-state index in [0.717, 1.165) is 34.0 Å². The third-order valence-electron chi connectivity index (χ3n) is 5.39. The van der Waals surface area contributed by atoms with Gasteiger partial charge in [-0.25, -0.2) is 0 Å². The van der Waals surface area contributed by atoms with Gasteiger partial charge < -0.3 is 29.0 Å². The first-order valence-electron chi connectivity index (χ1n) is 9.87. The highest BCUT2D eigenvalue weighted by molar-refractivity contribution is 7.80. The molecule has 1 fully saturated rings. The fourth-order valence-corrected chi connectivity index (χ4v) is 4.29. The molecule has 8 heteroatoms. The van der Waals surface area contributed by atoms with Crippen molar-refractivity contribution in [2.24, 2.45) is 5.92 Å². The van der Waals surface area contributed by atoms with Gasteiger partial charge in [0.05, 0.1) is 38.8 Å². The van der Waals surface area contributed by atoms with Crippen LogP contribution in [-0.2, 0) is 6.42 Å². The smallest absolute Gasteiger partial charge is 0.203 e. The molecule has 7 nitrogen and oxygen atoms in total. The third kappa shape index (κ3) is 3.61. The van der Waals surface area contributed by atoms with Crippen LogP contribution in [-0.4, -0.2) is 39.2 Å². The first-order chi connectivity index (χ1) is 14.6. The Hall–Kier alpha value is -2.71. The average molecular weight is 431 g/mol. The summed E-state index contributed by atoms with van der Waals surface area (Å²) in [5, 5.41) is 6.92. The van der Waals surface area contributed by atoms with E-state index in [9.17, 15) is 0 Å². The number of thiocarbonyl (C=S) groups is 1. The molecular formula is C22H26N2O5S. The number of hydrogen-bond donors (Lipinski definition) is 2. The maximum Gasteiger partial charge on any atom is 0.203 e. The number of nitrogens with one attached hydrogen (secondary N) is 2. The summed E-state index contributed by atoms with van der Waals surface area (Å²) in [5.74, 6) is 3.27. The zero-order chi connectivity index (χ0) is 21.3. The summed E-state index contributed by atoms with van der Waals surface area (Å²) >= 11 is 5.72. The van der Waals surface area contributed by atoms with Crippen molar-refractivity contribution < 1.29 is 23.7 Å². The molecule has 0 saturated carbocycles. The summed E-state index contributed by atoms with van der Waals surface area (Å²) in [4.78, 5) is 0.755. The van der Waals surface area contributed by atoms with Crippen LogP contribution in [0.2, 0.25) is 0 Å². The van der Waals surface area contributed by atoms with Gasteiger partial charge in [-0.1, -0.05) is 24.4 Å². The summed E-state index contributed by atoms with van der Waals surface area (Å²) in [6.45, 7) is 2.54. The molecule has 0 aromatic heterocycles. The van der Waals surface area contributed by atoms with Gasteiger partial charge in [0.2, 0.25) is 5.75 Å². The van der Waals surface area contributed by atoms with E-state index >= 15 is 0 Å². The summed E-state index contributed by atoms with van der Waals surface area (Å²) in [5.41, 5.74) is 2.00. The van der Waals surface area contributed by atoms with Crippen molar-refractivity contribution in [2.45, 2.75) is 25.7 Å². The number of hydrogen-bond acceptors (Lipinski definition) is 7. The van der Waals surface area contributed by atoms with Crippen LogP contribution in [0.3, 0.4) is 0 Å². The summed E-state index contributed by atoms with van der Waals surface area (Å²) in [7, 11) is 4.78. The van der Waals surface area contributed by atoms with Gasteiger partial charge in [-0.05, 0) is 42.7 Å². The number of methoxy groups -OCH3 is 3. The Bertz CT molecular complexity index is 926. The molecule has 2 aromatic carbocycles. The van der Waals surface area contributed by atoms with Gasteiger partial charge in [-0.15, -0.1) is 0 Å². The Morgan fingerprint density at radius 3 is 2.43 bits per heavy atom. The minimum atomic E-state index is -0.281. The maximum absolute atomic E-state index is 6.35. The molecule has 0 aliphatic carbocycles. The minimum absolute atomic E-state index is 0.0302. The minimum Gasteiger partial charge on any atom is -0.493 e. The zero-order valence-electron chi connectivity index (χ0n) is 17.5. The Morgan fingerprint density at radius 2 is 1.80 bits per heavy atom. The van der Waals surface area contributed by atoms with Crippen LogP contribution in [0.1, 0.15) is 24.2 Å². The van der Waals surface area contributed by atoms with Crippen LogP contribution >= 0.6 is 12.2 Å². The van der Waals surface area contributed by atoms with E-state index in [2.05, 4.69) is 16.7 Å². The molecule has 2 heterocycles. The second-order valence-electron chi connectivity index (χ2n) is 7.09. The van der Waals surface area contributed by atoms with Gasteiger partial charge in [0, 0.05) is 0 Å². The predicted molar refractivity (Wildman–Crippen MR) is 117 cm³/mol. The van der Waals surface area contributed by atoms with Gasteiger partial charge in [0.25, 0.3) is 0 Å². The highest BCUT2D eigenvalue weighted by Gasteiger charge is 2.40. The van der Waals surface area contributed by atoms with Crippen molar-refractivity contribution in [3.8, 4) is 28.7 Å². The lowest BCUT2D eigenvalue weighted by Crippen LogP contribution is -2.60. The molecule has 0 bridgehead atoms. The topological polar surface area (TPSA) is 70.2 Å². The van der Waals surface area contributed by atoms with Crippen molar-refractivity contribution in [1.82, 2.24) is 10.6 Å². The summed E-state index contributed by atoms with van der Waals surface area (Å²) in [6, 6.07) is 9.77. The van der Waals surface area contributed by atoms with Gasteiger partial charge in [0.15, 0.2) is 29.2 Å². The molecule has 2 N–H and O–H groups in total. The van der Waals surface area contributed by atoms with Gasteiger partial charge in [0.1, 0.15) is 6.17 Å². The summed E-state index contributed by atoms with van der Waals surface area (Å²) in [6.07, 6.45) is 0.229. The van der Waals surface area contributed by atoms with E-state index in [1.165, 1.54) is 0 Å². The molecule has 3 atom stereocenters. The van der Waals surface area contributed by atoms with Crippen molar-refractivity contribution in [2.75, 3.05) is 27.9 Å². The van der Waals surface area contributed by atoms with Crippen LogP contribution in [0.25, 0.3) is 0 Å². The Balaban J connectivity index is 1.64. The van der Waals surface area contributed by atoms with E-state index < -0.39 is 0 Å². The Morgan fingerprint density at radius 1 is 1.07 bits per heavy atom. The average Bonchev–Trinajstić information content (AvgIpc) is 2.77. The lowest BCUT2D eigenvalue weighted by molar-refractivity contribution is 0.0761. The van der Waals surface area contributed by atoms with Gasteiger partial charge in [-0.3, -0.25) is 5.32 Å². The van der Waals surface area contributed by atoms with Gasteiger partial charge >= 0.3 is 0 Å². The second kappa shape index (κ2) is 8.57.